The number of carbonyl (C=O) groups excluding carboxylic acids is 1. The Kier molecular flexibility index (Phi) is 7.16. The van der Waals surface area contributed by atoms with Crippen LogP contribution in [-0.2, 0) is 4.79 Å². The Morgan fingerprint density at radius 1 is 1.04 bits per heavy atom. The van der Waals surface area contributed by atoms with E-state index in [-0.39, 0.29) is 16.5 Å². The number of hydrogen-bond acceptors (Lipinski definition) is 4. The maximum atomic E-state index is 10.9. The molecule has 1 heterocycles. The smallest absolute Gasteiger partial charge is 0.295 e. The number of phenols is 1. The van der Waals surface area contributed by atoms with Crippen LogP contribution in [0.5, 0.6) is 5.75 Å². The molecule has 137 valence electrons. The predicted molar refractivity (Wildman–Crippen MR) is 106 cm³/mol. The predicted octanol–water partition coefficient (Wildman–Crippen LogP) is 5.41. The third kappa shape index (κ3) is 5.44. The molecule has 2 N–H and O–H groups in total. The second-order valence-electron chi connectivity index (χ2n) is 5.15. The van der Waals surface area contributed by atoms with E-state index >= 15 is 0 Å². The molecule has 0 bridgehead atoms. The highest BCUT2D eigenvalue weighted by atomic mass is 35.5. The third-order valence-electron chi connectivity index (χ3n) is 3.39. The van der Waals surface area contributed by atoms with Gasteiger partial charge in [0.1, 0.15) is 10.8 Å². The Balaban J connectivity index is 0.000000208. The number of aromatic hydroxyl groups is 1. The van der Waals surface area contributed by atoms with Crippen LogP contribution in [0.1, 0.15) is 5.56 Å². The summed E-state index contributed by atoms with van der Waals surface area (Å²) in [6, 6.07) is 11.3. The lowest BCUT2D eigenvalue weighted by Gasteiger charge is -2.02. The summed E-state index contributed by atoms with van der Waals surface area (Å²) in [4.78, 5) is 23.0. The van der Waals surface area contributed by atoms with Gasteiger partial charge in [-0.25, -0.2) is 0 Å². The standard InChI is InChI=1S/C10H6Cl2N2O2.C9H7O2/c11-8-3-1-2-6(10(8)14(15)16)7-4-13-5-9(7)12;10-7-1-2-8-3-5-9(11)6-4-8/h1-5,13H;1-6,11H/b;2-1+. The zero-order valence-corrected chi connectivity index (χ0v) is 15.2. The third-order valence-corrected chi connectivity index (χ3v) is 4.01. The summed E-state index contributed by atoms with van der Waals surface area (Å²) in [6.45, 7) is 0. The summed E-state index contributed by atoms with van der Waals surface area (Å²) in [7, 11) is 0. The molecule has 0 fully saturated rings. The van der Waals surface area contributed by atoms with Gasteiger partial charge in [0.15, 0.2) is 0 Å². The van der Waals surface area contributed by atoms with Gasteiger partial charge >= 0.3 is 0 Å². The monoisotopic (exact) mass is 403 g/mol. The Hall–Kier alpha value is -3.09. The molecule has 0 saturated carbocycles. The Bertz CT molecular complexity index is 966. The van der Waals surface area contributed by atoms with E-state index in [1.54, 1.807) is 61.2 Å². The van der Waals surface area contributed by atoms with Gasteiger partial charge in [0, 0.05) is 18.0 Å². The number of phenolic OH excluding ortho intramolecular Hbond substituents is 1. The summed E-state index contributed by atoms with van der Waals surface area (Å²) in [6.07, 6.45) is 7.69. The van der Waals surface area contributed by atoms with Crippen molar-refractivity contribution in [2.24, 2.45) is 0 Å². The van der Waals surface area contributed by atoms with E-state index in [9.17, 15) is 14.9 Å². The number of rotatable bonds is 4. The minimum absolute atomic E-state index is 0.0970. The molecule has 0 spiro atoms. The zero-order chi connectivity index (χ0) is 19.8. The molecule has 0 atom stereocenters. The van der Waals surface area contributed by atoms with Gasteiger partial charge in [-0.3, -0.25) is 14.9 Å². The highest BCUT2D eigenvalue weighted by Gasteiger charge is 2.21. The fourth-order valence-electron chi connectivity index (χ4n) is 2.19. The number of allylic oxidation sites excluding steroid dienone is 1. The van der Waals surface area contributed by atoms with E-state index in [1.165, 1.54) is 12.1 Å². The van der Waals surface area contributed by atoms with Crippen molar-refractivity contribution in [1.82, 2.24) is 4.98 Å². The van der Waals surface area contributed by atoms with Crippen LogP contribution in [0.3, 0.4) is 0 Å². The molecular weight excluding hydrogens is 391 g/mol. The molecular formula is C19H13Cl2N2O4. The molecule has 0 aliphatic carbocycles. The second kappa shape index (κ2) is 9.56. The largest absolute Gasteiger partial charge is 0.508 e. The van der Waals surface area contributed by atoms with Gasteiger partial charge in [-0.1, -0.05) is 47.5 Å². The molecule has 6 nitrogen and oxygen atoms in total. The van der Waals surface area contributed by atoms with Crippen LogP contribution in [0.4, 0.5) is 5.69 Å². The number of nitro groups is 1. The van der Waals surface area contributed by atoms with E-state index in [2.05, 4.69) is 4.98 Å². The van der Waals surface area contributed by atoms with Gasteiger partial charge in [0.25, 0.3) is 5.69 Å². The van der Waals surface area contributed by atoms with Crippen LogP contribution in [0.15, 0.2) is 60.9 Å². The highest BCUT2D eigenvalue weighted by molar-refractivity contribution is 6.35. The van der Waals surface area contributed by atoms with Crippen molar-refractivity contribution < 1.29 is 14.8 Å². The molecule has 2 aromatic carbocycles. The van der Waals surface area contributed by atoms with Crippen LogP contribution < -0.4 is 0 Å². The van der Waals surface area contributed by atoms with Crippen LogP contribution in [0, 0.1) is 10.1 Å². The van der Waals surface area contributed by atoms with Crippen molar-refractivity contribution in [2.45, 2.75) is 0 Å². The zero-order valence-electron chi connectivity index (χ0n) is 13.7. The number of H-pyrrole nitrogens is 1. The topological polar surface area (TPSA) is 96.2 Å². The van der Waals surface area contributed by atoms with Crippen LogP contribution >= 0.6 is 23.2 Å². The number of aromatic amines is 1. The first kappa shape index (κ1) is 20.2. The van der Waals surface area contributed by atoms with Crippen molar-refractivity contribution >= 4 is 41.3 Å². The molecule has 3 aromatic rings. The lowest BCUT2D eigenvalue weighted by molar-refractivity contribution is -0.384. The van der Waals surface area contributed by atoms with Gasteiger partial charge in [0.2, 0.25) is 6.29 Å². The normalized spacial score (nSPS) is 10.3. The van der Waals surface area contributed by atoms with Crippen molar-refractivity contribution in [3.63, 3.8) is 0 Å². The fraction of sp³-hybridized carbons (Fsp3) is 0. The molecule has 0 amide bonds. The first-order valence-corrected chi connectivity index (χ1v) is 8.28. The second-order valence-corrected chi connectivity index (χ2v) is 5.97. The van der Waals surface area contributed by atoms with Crippen molar-refractivity contribution in [3.8, 4) is 16.9 Å². The SMILES string of the molecule is O=[C]/C=C/c1ccc(O)cc1.O=[N+]([O-])c1c(Cl)cccc1-c1c[nH]cc1Cl. The van der Waals surface area contributed by atoms with Gasteiger partial charge in [-0.2, -0.15) is 0 Å². The first-order valence-electron chi connectivity index (χ1n) is 7.53. The van der Waals surface area contributed by atoms with Gasteiger partial charge in [0.05, 0.1) is 15.5 Å². The summed E-state index contributed by atoms with van der Waals surface area (Å²) in [5, 5.41) is 20.3. The van der Waals surface area contributed by atoms with Gasteiger partial charge in [-0.05, 0) is 35.9 Å². The van der Waals surface area contributed by atoms with E-state index in [0.29, 0.717) is 16.1 Å². The minimum atomic E-state index is -0.513. The van der Waals surface area contributed by atoms with E-state index < -0.39 is 4.92 Å². The molecule has 1 aromatic heterocycles. The minimum Gasteiger partial charge on any atom is -0.508 e. The van der Waals surface area contributed by atoms with Crippen LogP contribution in [0.25, 0.3) is 17.2 Å². The maximum absolute atomic E-state index is 10.9. The van der Waals surface area contributed by atoms with Gasteiger partial charge in [-0.15, -0.1) is 0 Å². The fourth-order valence-corrected chi connectivity index (χ4v) is 2.65. The number of nitrogens with zero attached hydrogens (tertiary/aromatic N) is 1. The molecule has 0 unspecified atom stereocenters. The van der Waals surface area contributed by atoms with E-state index in [0.717, 1.165) is 5.56 Å². The Morgan fingerprint density at radius 3 is 2.30 bits per heavy atom. The number of benzene rings is 2. The Labute approximate surface area is 164 Å². The molecule has 1 radical (unpaired) electrons. The number of aromatic nitrogens is 1. The number of nitro benzene ring substituents is 1. The molecule has 8 heteroatoms. The van der Waals surface area contributed by atoms with Gasteiger partial charge < -0.3 is 10.1 Å². The average molecular weight is 404 g/mol. The number of hydrogen-bond donors (Lipinski definition) is 2. The number of nitrogens with one attached hydrogen (secondary N) is 1. The Morgan fingerprint density at radius 2 is 1.74 bits per heavy atom. The van der Waals surface area contributed by atoms with Crippen molar-refractivity contribution in [2.75, 3.05) is 0 Å². The van der Waals surface area contributed by atoms with Crippen molar-refractivity contribution in [3.05, 3.63) is 86.7 Å². The van der Waals surface area contributed by atoms with E-state index in [1.807, 2.05) is 0 Å². The molecule has 0 aliphatic heterocycles. The molecule has 0 aliphatic rings. The van der Waals surface area contributed by atoms with Crippen LogP contribution in [0.2, 0.25) is 10.0 Å². The maximum Gasteiger partial charge on any atom is 0.295 e. The number of halogens is 2. The lowest BCUT2D eigenvalue weighted by Crippen LogP contribution is -1.92. The lowest BCUT2D eigenvalue weighted by atomic mass is 10.1. The summed E-state index contributed by atoms with van der Waals surface area (Å²) >= 11 is 11.7. The highest BCUT2D eigenvalue weighted by Crippen LogP contribution is 2.38. The molecule has 3 rings (SSSR count). The molecule has 0 saturated heterocycles. The van der Waals surface area contributed by atoms with Crippen LogP contribution in [-0.4, -0.2) is 21.3 Å². The first-order chi connectivity index (χ1) is 12.9. The number of para-hydroxylation sites is 1. The van der Waals surface area contributed by atoms with Crippen molar-refractivity contribution in [1.29, 1.82) is 0 Å². The average Bonchev–Trinajstić information content (AvgIpc) is 3.07. The molecule has 27 heavy (non-hydrogen) atoms. The summed E-state index contributed by atoms with van der Waals surface area (Å²) in [5.41, 5.74) is 1.71. The van der Waals surface area contributed by atoms with E-state index in [4.69, 9.17) is 28.3 Å². The quantitative estimate of drug-likeness (QED) is 0.345. The summed E-state index contributed by atoms with van der Waals surface area (Å²) < 4.78 is 0. The summed E-state index contributed by atoms with van der Waals surface area (Å²) in [5.74, 6) is 0.220.